The van der Waals surface area contributed by atoms with Gasteiger partial charge < -0.3 is 5.32 Å². The largest absolute Gasteiger partial charge is 0.324 e. The van der Waals surface area contributed by atoms with E-state index in [1.54, 1.807) is 25.1 Å². The van der Waals surface area contributed by atoms with Crippen LogP contribution in [0.5, 0.6) is 0 Å². The number of rotatable bonds is 3. The van der Waals surface area contributed by atoms with Crippen molar-refractivity contribution in [1.82, 2.24) is 4.90 Å². The number of carbonyl (C=O) groups is 3. The summed E-state index contributed by atoms with van der Waals surface area (Å²) in [6.45, 7) is 1.59. The molecule has 1 saturated heterocycles. The molecule has 1 N–H and O–H groups in total. The zero-order valence-electron chi connectivity index (χ0n) is 14.6. The van der Waals surface area contributed by atoms with Crippen LogP contribution in [0.25, 0.3) is 0 Å². The first-order valence-electron chi connectivity index (χ1n) is 9.19. The molecule has 7 atom stereocenters. The first-order chi connectivity index (χ1) is 12.9. The van der Waals surface area contributed by atoms with Crippen LogP contribution < -0.4 is 5.32 Å². The zero-order valence-corrected chi connectivity index (χ0v) is 16.1. The fourth-order valence-corrected chi connectivity index (χ4v) is 5.60. The highest BCUT2D eigenvalue weighted by atomic mass is 35.5. The summed E-state index contributed by atoms with van der Waals surface area (Å²) < 4.78 is 0. The Morgan fingerprint density at radius 3 is 2.22 bits per heavy atom. The van der Waals surface area contributed by atoms with Gasteiger partial charge in [0.25, 0.3) is 0 Å². The van der Waals surface area contributed by atoms with Gasteiger partial charge in [0, 0.05) is 5.69 Å². The standard InChI is InChI=1S/C20H18Cl2N2O3/c1-8(18(25)23-9-2-5-14(21)15(22)6-9)24-19(26)16-10-3-4-11(13-7-12(10)13)17(16)20(24)27/h2-6,8,10-13,16-17H,7H2,1H3,(H,23,25). The van der Waals surface area contributed by atoms with Crippen LogP contribution in [0.4, 0.5) is 5.69 Å². The van der Waals surface area contributed by atoms with Gasteiger partial charge in [0.15, 0.2) is 0 Å². The highest BCUT2D eigenvalue weighted by molar-refractivity contribution is 6.42. The van der Waals surface area contributed by atoms with Gasteiger partial charge in [0.05, 0.1) is 21.9 Å². The van der Waals surface area contributed by atoms with E-state index in [0.29, 0.717) is 27.6 Å². The maximum absolute atomic E-state index is 13.1. The van der Waals surface area contributed by atoms with E-state index in [-0.39, 0.29) is 35.5 Å². The number of hydrogen-bond donors (Lipinski definition) is 1. The summed E-state index contributed by atoms with van der Waals surface area (Å²) in [4.78, 5) is 40.0. The number of imide groups is 1. The predicted octanol–water partition coefficient (Wildman–Crippen LogP) is 3.37. The Bertz CT molecular complexity index is 878. The zero-order chi connectivity index (χ0) is 19.0. The van der Waals surface area contributed by atoms with Crippen molar-refractivity contribution in [3.05, 3.63) is 40.4 Å². The van der Waals surface area contributed by atoms with Gasteiger partial charge in [-0.3, -0.25) is 19.3 Å². The van der Waals surface area contributed by atoms with E-state index in [0.717, 1.165) is 6.42 Å². The van der Waals surface area contributed by atoms with Crippen molar-refractivity contribution in [2.45, 2.75) is 19.4 Å². The monoisotopic (exact) mass is 404 g/mol. The van der Waals surface area contributed by atoms with E-state index in [2.05, 4.69) is 17.5 Å². The molecule has 3 amide bonds. The molecule has 2 saturated carbocycles. The van der Waals surface area contributed by atoms with Crippen LogP contribution in [0.1, 0.15) is 13.3 Å². The SMILES string of the molecule is CC(C(=O)Nc1ccc(Cl)c(Cl)c1)N1C(=O)C2C3C=CC(C4CC34)C2C1=O. The molecule has 3 fully saturated rings. The van der Waals surface area contributed by atoms with Crippen molar-refractivity contribution in [2.75, 3.05) is 5.32 Å². The van der Waals surface area contributed by atoms with Crippen LogP contribution >= 0.6 is 23.2 Å². The van der Waals surface area contributed by atoms with E-state index in [1.807, 2.05) is 0 Å². The van der Waals surface area contributed by atoms with E-state index < -0.39 is 11.9 Å². The van der Waals surface area contributed by atoms with Crippen LogP contribution in [0.15, 0.2) is 30.4 Å². The third kappa shape index (κ3) is 2.41. The van der Waals surface area contributed by atoms with Crippen LogP contribution in [0.2, 0.25) is 10.0 Å². The maximum Gasteiger partial charge on any atom is 0.247 e. The molecule has 4 aliphatic carbocycles. The third-order valence-corrected chi connectivity index (χ3v) is 7.39. The Balaban J connectivity index is 1.37. The maximum atomic E-state index is 13.1. The highest BCUT2D eigenvalue weighted by Gasteiger charge is 2.67. The number of anilines is 1. The second-order valence-electron chi connectivity index (χ2n) is 8.00. The second-order valence-corrected chi connectivity index (χ2v) is 8.81. The predicted molar refractivity (Wildman–Crippen MR) is 101 cm³/mol. The highest BCUT2D eigenvalue weighted by Crippen LogP contribution is 2.65. The number of amides is 3. The van der Waals surface area contributed by atoms with Gasteiger partial charge >= 0.3 is 0 Å². The van der Waals surface area contributed by atoms with Crippen LogP contribution in [-0.2, 0) is 14.4 Å². The second kappa shape index (κ2) is 5.82. The first-order valence-corrected chi connectivity index (χ1v) is 9.95. The van der Waals surface area contributed by atoms with Crippen LogP contribution in [0.3, 0.4) is 0 Å². The minimum absolute atomic E-state index is 0.150. The van der Waals surface area contributed by atoms with Gasteiger partial charge in [-0.15, -0.1) is 0 Å². The van der Waals surface area contributed by atoms with Crippen molar-refractivity contribution in [3.63, 3.8) is 0 Å². The number of nitrogens with zero attached hydrogens (tertiary/aromatic N) is 1. The fourth-order valence-electron chi connectivity index (χ4n) is 5.30. The Morgan fingerprint density at radius 2 is 1.67 bits per heavy atom. The van der Waals surface area contributed by atoms with Crippen molar-refractivity contribution >= 4 is 46.6 Å². The number of carbonyl (C=O) groups excluding carboxylic acids is 3. The third-order valence-electron chi connectivity index (χ3n) is 6.65. The van der Waals surface area contributed by atoms with E-state index in [1.165, 1.54) is 4.90 Å². The summed E-state index contributed by atoms with van der Waals surface area (Å²) in [6, 6.07) is 3.88. The molecular formula is C20H18Cl2N2O3. The lowest BCUT2D eigenvalue weighted by Crippen LogP contribution is -2.46. The smallest absolute Gasteiger partial charge is 0.247 e. The summed E-state index contributed by atoms with van der Waals surface area (Å²) in [5, 5.41) is 3.43. The minimum atomic E-state index is -0.874. The fraction of sp³-hybridized carbons (Fsp3) is 0.450. The Morgan fingerprint density at radius 1 is 1.07 bits per heavy atom. The molecule has 6 rings (SSSR count). The minimum Gasteiger partial charge on any atom is -0.324 e. The van der Waals surface area contributed by atoms with Crippen LogP contribution in [0, 0.1) is 35.5 Å². The van der Waals surface area contributed by atoms with E-state index in [4.69, 9.17) is 23.2 Å². The molecule has 140 valence electrons. The number of benzene rings is 1. The normalized spacial score (nSPS) is 36.5. The Kier molecular flexibility index (Phi) is 3.72. The lowest BCUT2D eigenvalue weighted by atomic mass is 9.63. The van der Waals surface area contributed by atoms with Crippen LogP contribution in [-0.4, -0.2) is 28.7 Å². The summed E-state index contributed by atoms with van der Waals surface area (Å²) in [7, 11) is 0. The molecule has 1 aromatic carbocycles. The van der Waals surface area contributed by atoms with Crippen molar-refractivity contribution in [3.8, 4) is 0 Å². The average Bonchev–Trinajstić information content (AvgIpc) is 3.42. The summed E-state index contributed by atoms with van der Waals surface area (Å²) in [6.07, 6.45) is 5.35. The summed E-state index contributed by atoms with van der Waals surface area (Å²) >= 11 is 11.9. The quantitative estimate of drug-likeness (QED) is 0.620. The summed E-state index contributed by atoms with van der Waals surface area (Å²) in [5.41, 5.74) is 0.473. The molecule has 7 heteroatoms. The molecule has 7 unspecified atom stereocenters. The lowest BCUT2D eigenvalue weighted by molar-refractivity contribution is -0.146. The molecular weight excluding hydrogens is 387 g/mol. The number of allylic oxidation sites excluding steroid dienone is 2. The number of hydrogen-bond acceptors (Lipinski definition) is 3. The molecule has 27 heavy (non-hydrogen) atoms. The number of nitrogens with one attached hydrogen (secondary N) is 1. The molecule has 1 aromatic rings. The van der Waals surface area contributed by atoms with Crippen molar-refractivity contribution in [1.29, 1.82) is 0 Å². The van der Waals surface area contributed by atoms with Gasteiger partial charge in [-0.1, -0.05) is 35.4 Å². The topological polar surface area (TPSA) is 66.5 Å². The van der Waals surface area contributed by atoms with Crippen molar-refractivity contribution < 1.29 is 14.4 Å². The Labute approximate surface area is 166 Å². The summed E-state index contributed by atoms with van der Waals surface area (Å²) in [5.74, 6) is -0.0321. The molecule has 0 aromatic heterocycles. The molecule has 1 aliphatic heterocycles. The van der Waals surface area contributed by atoms with E-state index in [9.17, 15) is 14.4 Å². The molecule has 0 radical (unpaired) electrons. The van der Waals surface area contributed by atoms with Gasteiger partial charge in [0.1, 0.15) is 6.04 Å². The number of likely N-dealkylation sites (tertiary alicyclic amines) is 1. The molecule has 5 nitrogen and oxygen atoms in total. The van der Waals surface area contributed by atoms with Gasteiger partial charge in [-0.05, 0) is 55.2 Å². The molecule has 1 heterocycles. The van der Waals surface area contributed by atoms with E-state index >= 15 is 0 Å². The van der Waals surface area contributed by atoms with Gasteiger partial charge in [-0.2, -0.15) is 0 Å². The van der Waals surface area contributed by atoms with Gasteiger partial charge in [0.2, 0.25) is 17.7 Å². The number of halogens is 2. The average molecular weight is 405 g/mol. The van der Waals surface area contributed by atoms with Crippen molar-refractivity contribution in [2.24, 2.45) is 35.5 Å². The molecule has 0 spiro atoms. The Hall–Kier alpha value is -1.85. The molecule has 5 aliphatic rings. The molecule has 2 bridgehead atoms. The first kappa shape index (κ1) is 17.3. The van der Waals surface area contributed by atoms with Gasteiger partial charge in [-0.25, -0.2) is 0 Å². The lowest BCUT2D eigenvalue weighted by Gasteiger charge is -2.37.